The third kappa shape index (κ3) is 3.91. The van der Waals surface area contributed by atoms with E-state index in [0.29, 0.717) is 22.7 Å². The van der Waals surface area contributed by atoms with Gasteiger partial charge in [-0.15, -0.1) is 0 Å². The van der Waals surface area contributed by atoms with E-state index in [2.05, 4.69) is 15.3 Å². The van der Waals surface area contributed by atoms with Crippen molar-refractivity contribution in [2.45, 2.75) is 0 Å². The van der Waals surface area contributed by atoms with Gasteiger partial charge >= 0.3 is 0 Å². The lowest BCUT2D eigenvalue weighted by atomic mass is 10.2. The van der Waals surface area contributed by atoms with Crippen molar-refractivity contribution in [3.05, 3.63) is 78.6 Å². The fourth-order valence-corrected chi connectivity index (χ4v) is 2.69. The number of pyridine rings is 1. The minimum atomic E-state index is -0.229. The summed E-state index contributed by atoms with van der Waals surface area (Å²) in [7, 11) is 1.62. The second-order valence-corrected chi connectivity index (χ2v) is 6.03. The second-order valence-electron chi connectivity index (χ2n) is 6.03. The molecular weight excluding hydrogens is 354 g/mol. The number of rotatable bonds is 5. The number of ether oxygens (including phenoxy) is 1. The summed E-state index contributed by atoms with van der Waals surface area (Å²) >= 11 is 0. The first kappa shape index (κ1) is 17.5. The van der Waals surface area contributed by atoms with Crippen LogP contribution in [0.25, 0.3) is 28.6 Å². The van der Waals surface area contributed by atoms with Crippen molar-refractivity contribution in [3.63, 3.8) is 0 Å². The third-order valence-electron chi connectivity index (χ3n) is 4.13. The molecule has 2 heterocycles. The average Bonchev–Trinajstić information content (AvgIpc) is 3.17. The van der Waals surface area contributed by atoms with E-state index >= 15 is 0 Å². The summed E-state index contributed by atoms with van der Waals surface area (Å²) in [5.41, 5.74) is 3.72. The van der Waals surface area contributed by atoms with Crippen LogP contribution in [0.3, 0.4) is 0 Å². The highest BCUT2D eigenvalue weighted by atomic mass is 16.5. The van der Waals surface area contributed by atoms with Gasteiger partial charge in [0.05, 0.1) is 7.11 Å². The molecule has 4 aromatic rings. The Bertz CT molecular complexity index is 1130. The molecule has 0 spiro atoms. The number of anilines is 1. The monoisotopic (exact) mass is 371 g/mol. The number of hydrogen-bond donors (Lipinski definition) is 1. The first-order valence-corrected chi connectivity index (χ1v) is 8.65. The molecule has 2 aromatic carbocycles. The minimum absolute atomic E-state index is 0.229. The van der Waals surface area contributed by atoms with Gasteiger partial charge in [0.15, 0.2) is 5.58 Å². The van der Waals surface area contributed by atoms with Gasteiger partial charge in [0, 0.05) is 29.7 Å². The summed E-state index contributed by atoms with van der Waals surface area (Å²) in [6, 6.07) is 16.5. The van der Waals surface area contributed by atoms with Crippen LogP contribution >= 0.6 is 0 Å². The molecule has 1 N–H and O–H groups in total. The second kappa shape index (κ2) is 7.75. The molecule has 138 valence electrons. The van der Waals surface area contributed by atoms with Gasteiger partial charge in [-0.2, -0.15) is 0 Å². The molecule has 0 aliphatic heterocycles. The summed E-state index contributed by atoms with van der Waals surface area (Å²) in [4.78, 5) is 20.7. The summed E-state index contributed by atoms with van der Waals surface area (Å²) in [6.07, 6.45) is 6.60. The van der Waals surface area contributed by atoms with Gasteiger partial charge in [-0.05, 0) is 54.1 Å². The normalized spacial score (nSPS) is 11.0. The third-order valence-corrected chi connectivity index (χ3v) is 4.13. The zero-order valence-corrected chi connectivity index (χ0v) is 15.1. The Morgan fingerprint density at radius 1 is 1.07 bits per heavy atom. The molecule has 0 bridgehead atoms. The van der Waals surface area contributed by atoms with Gasteiger partial charge in [-0.3, -0.25) is 9.78 Å². The number of amides is 1. The van der Waals surface area contributed by atoms with E-state index in [1.807, 2.05) is 36.4 Å². The van der Waals surface area contributed by atoms with Gasteiger partial charge in [-0.1, -0.05) is 12.1 Å². The number of aromatic nitrogens is 2. The van der Waals surface area contributed by atoms with Gasteiger partial charge in [-0.25, -0.2) is 4.98 Å². The maximum absolute atomic E-state index is 12.2. The van der Waals surface area contributed by atoms with E-state index < -0.39 is 0 Å². The van der Waals surface area contributed by atoms with Crippen molar-refractivity contribution in [1.82, 2.24) is 9.97 Å². The molecule has 0 atom stereocenters. The largest absolute Gasteiger partial charge is 0.497 e. The summed E-state index contributed by atoms with van der Waals surface area (Å²) in [6.45, 7) is 0. The van der Waals surface area contributed by atoms with Crippen molar-refractivity contribution >= 4 is 28.8 Å². The molecule has 0 aliphatic rings. The molecule has 0 aliphatic carbocycles. The van der Waals surface area contributed by atoms with Gasteiger partial charge in [0.25, 0.3) is 0 Å². The number of hydrogen-bond acceptors (Lipinski definition) is 5. The Balaban J connectivity index is 1.48. The number of carbonyl (C=O) groups excluding carboxylic acids is 1. The van der Waals surface area contributed by atoms with E-state index in [4.69, 9.17) is 9.15 Å². The predicted molar refractivity (Wildman–Crippen MR) is 108 cm³/mol. The number of fused-ring (bicyclic) bond motifs is 1. The highest BCUT2D eigenvalue weighted by Gasteiger charge is 2.09. The van der Waals surface area contributed by atoms with Crippen molar-refractivity contribution in [3.8, 4) is 17.2 Å². The highest BCUT2D eigenvalue weighted by molar-refractivity contribution is 6.02. The Morgan fingerprint density at radius 3 is 2.61 bits per heavy atom. The van der Waals surface area contributed by atoms with Crippen LogP contribution in [0.5, 0.6) is 5.75 Å². The van der Waals surface area contributed by atoms with Crippen LogP contribution in [-0.4, -0.2) is 23.0 Å². The number of carbonyl (C=O) groups is 1. The summed E-state index contributed by atoms with van der Waals surface area (Å²) in [5.74, 6) is 1.06. The molecule has 0 radical (unpaired) electrons. The summed E-state index contributed by atoms with van der Waals surface area (Å²) < 4.78 is 10.9. The fraction of sp³-hybridized carbons (Fsp3) is 0.0455. The lowest BCUT2D eigenvalue weighted by Gasteiger charge is -2.02. The number of oxazole rings is 1. The lowest BCUT2D eigenvalue weighted by molar-refractivity contribution is -0.111. The number of benzene rings is 2. The SMILES string of the molecule is COc1ccc(C=CC(=O)Nc2ccc3oc(-c4ccncc4)nc3c2)cc1. The van der Waals surface area contributed by atoms with Crippen LogP contribution in [0.2, 0.25) is 0 Å². The first-order valence-electron chi connectivity index (χ1n) is 8.65. The molecule has 0 saturated carbocycles. The Labute approximate surface area is 161 Å². The maximum Gasteiger partial charge on any atom is 0.248 e. The summed E-state index contributed by atoms with van der Waals surface area (Å²) in [5, 5.41) is 2.83. The van der Waals surface area contributed by atoms with Crippen LogP contribution < -0.4 is 10.1 Å². The zero-order valence-electron chi connectivity index (χ0n) is 15.1. The standard InChI is InChI=1S/C22H17N3O3/c1-27-18-6-2-15(3-7-18)4-9-21(26)24-17-5-8-20-19(14-17)25-22(28-20)16-10-12-23-13-11-16/h2-14H,1H3,(H,24,26). The molecule has 0 saturated heterocycles. The average molecular weight is 371 g/mol. The van der Waals surface area contributed by atoms with Gasteiger partial charge in [0.1, 0.15) is 11.3 Å². The Hall–Kier alpha value is -3.93. The topological polar surface area (TPSA) is 77.2 Å². The number of methoxy groups -OCH3 is 1. The Morgan fingerprint density at radius 2 is 1.86 bits per heavy atom. The van der Waals surface area contributed by atoms with E-state index in [1.54, 1.807) is 43.8 Å². The predicted octanol–water partition coefficient (Wildman–Crippen LogP) is 4.55. The quantitative estimate of drug-likeness (QED) is 0.521. The lowest BCUT2D eigenvalue weighted by Crippen LogP contribution is -2.07. The van der Waals surface area contributed by atoms with Crippen molar-refractivity contribution in [2.75, 3.05) is 12.4 Å². The maximum atomic E-state index is 12.2. The molecule has 2 aromatic heterocycles. The molecule has 1 amide bonds. The van der Waals surface area contributed by atoms with Crippen molar-refractivity contribution in [2.24, 2.45) is 0 Å². The molecule has 0 unspecified atom stereocenters. The van der Waals surface area contributed by atoms with Gasteiger partial charge in [0.2, 0.25) is 11.8 Å². The van der Waals surface area contributed by atoms with E-state index in [1.165, 1.54) is 6.08 Å². The van der Waals surface area contributed by atoms with E-state index in [0.717, 1.165) is 16.9 Å². The van der Waals surface area contributed by atoms with Crippen LogP contribution in [0, 0.1) is 0 Å². The van der Waals surface area contributed by atoms with E-state index in [9.17, 15) is 4.79 Å². The number of nitrogens with zero attached hydrogens (tertiary/aromatic N) is 2. The van der Waals surface area contributed by atoms with Crippen LogP contribution in [0.15, 0.2) is 77.5 Å². The first-order chi connectivity index (χ1) is 13.7. The van der Waals surface area contributed by atoms with Crippen molar-refractivity contribution < 1.29 is 13.9 Å². The van der Waals surface area contributed by atoms with Gasteiger partial charge < -0.3 is 14.5 Å². The molecule has 0 fully saturated rings. The fourth-order valence-electron chi connectivity index (χ4n) is 2.69. The number of nitrogens with one attached hydrogen (secondary N) is 1. The molecule has 28 heavy (non-hydrogen) atoms. The molecule has 6 heteroatoms. The van der Waals surface area contributed by atoms with E-state index in [-0.39, 0.29) is 5.91 Å². The minimum Gasteiger partial charge on any atom is -0.497 e. The van der Waals surface area contributed by atoms with Crippen LogP contribution in [-0.2, 0) is 4.79 Å². The molecule has 4 rings (SSSR count). The highest BCUT2D eigenvalue weighted by Crippen LogP contribution is 2.25. The zero-order chi connectivity index (χ0) is 19.3. The van der Waals surface area contributed by atoms with Crippen LogP contribution in [0.4, 0.5) is 5.69 Å². The molecule has 6 nitrogen and oxygen atoms in total. The van der Waals surface area contributed by atoms with Crippen molar-refractivity contribution in [1.29, 1.82) is 0 Å². The smallest absolute Gasteiger partial charge is 0.248 e. The molecular formula is C22H17N3O3. The van der Waals surface area contributed by atoms with Crippen LogP contribution in [0.1, 0.15) is 5.56 Å². The Kier molecular flexibility index (Phi) is 4.84.